The second-order valence-electron chi connectivity index (χ2n) is 3.96. The van der Waals surface area contributed by atoms with Crippen molar-refractivity contribution in [1.82, 2.24) is 20.1 Å². The van der Waals surface area contributed by atoms with Crippen molar-refractivity contribution < 1.29 is 4.79 Å². The van der Waals surface area contributed by atoms with Gasteiger partial charge in [-0.15, -0.1) is 0 Å². The Morgan fingerprint density at radius 2 is 2.28 bits per heavy atom. The number of rotatable bonds is 3. The van der Waals surface area contributed by atoms with Crippen LogP contribution in [0.2, 0.25) is 0 Å². The molecule has 0 aliphatic heterocycles. The second-order valence-corrected chi connectivity index (χ2v) is 3.96. The summed E-state index contributed by atoms with van der Waals surface area (Å²) in [5, 5.41) is 6.67. The molecule has 0 aromatic carbocycles. The Balaban J connectivity index is 2.34. The highest BCUT2D eigenvalue weighted by Crippen LogP contribution is 2.12. The molecular weight excluding hydrogens is 230 g/mol. The minimum absolute atomic E-state index is 0.0688. The van der Waals surface area contributed by atoms with Crippen LogP contribution in [0.25, 0.3) is 5.82 Å². The van der Waals surface area contributed by atoms with Crippen LogP contribution in [-0.2, 0) is 0 Å². The summed E-state index contributed by atoms with van der Waals surface area (Å²) < 4.78 is 1.55. The number of hydrogen-bond donors (Lipinski definition) is 2. The molecule has 1 amide bonds. The molecule has 0 saturated carbocycles. The van der Waals surface area contributed by atoms with E-state index in [0.717, 1.165) is 5.56 Å². The summed E-state index contributed by atoms with van der Waals surface area (Å²) in [6.45, 7) is 1.90. The van der Waals surface area contributed by atoms with Crippen LogP contribution in [0.1, 0.15) is 29.0 Å². The van der Waals surface area contributed by atoms with Crippen molar-refractivity contribution in [3.05, 3.63) is 41.9 Å². The van der Waals surface area contributed by atoms with Crippen LogP contribution in [0.3, 0.4) is 0 Å². The molecular formula is C12H15N5O. The molecule has 2 aromatic rings. The molecule has 0 aliphatic rings. The van der Waals surface area contributed by atoms with Crippen molar-refractivity contribution in [2.45, 2.75) is 13.0 Å². The van der Waals surface area contributed by atoms with E-state index in [2.05, 4.69) is 15.4 Å². The SMILES string of the molecule is CNC(=O)c1ccn(-c2cc([C@@H](C)N)ccn2)n1. The van der Waals surface area contributed by atoms with Crippen LogP contribution in [-0.4, -0.2) is 27.7 Å². The largest absolute Gasteiger partial charge is 0.354 e. The van der Waals surface area contributed by atoms with E-state index in [1.165, 1.54) is 0 Å². The van der Waals surface area contributed by atoms with Gasteiger partial charge < -0.3 is 11.1 Å². The number of nitrogens with zero attached hydrogens (tertiary/aromatic N) is 3. The molecule has 18 heavy (non-hydrogen) atoms. The van der Waals surface area contributed by atoms with Crippen LogP contribution < -0.4 is 11.1 Å². The Morgan fingerprint density at radius 3 is 2.94 bits per heavy atom. The maximum Gasteiger partial charge on any atom is 0.271 e. The maximum atomic E-state index is 11.4. The van der Waals surface area contributed by atoms with Gasteiger partial charge in [0.1, 0.15) is 0 Å². The van der Waals surface area contributed by atoms with Crippen LogP contribution in [0.4, 0.5) is 0 Å². The predicted octanol–water partition coefficient (Wildman–Crippen LogP) is 0.647. The topological polar surface area (TPSA) is 85.8 Å². The van der Waals surface area contributed by atoms with E-state index in [1.54, 1.807) is 30.2 Å². The third kappa shape index (κ3) is 2.38. The van der Waals surface area contributed by atoms with E-state index in [9.17, 15) is 4.79 Å². The molecule has 2 aromatic heterocycles. The maximum absolute atomic E-state index is 11.4. The molecule has 94 valence electrons. The number of carbonyl (C=O) groups is 1. The fourth-order valence-electron chi connectivity index (χ4n) is 1.54. The molecule has 2 heterocycles. The zero-order chi connectivity index (χ0) is 13.1. The number of hydrogen-bond acceptors (Lipinski definition) is 4. The van der Waals surface area contributed by atoms with Gasteiger partial charge in [-0.3, -0.25) is 4.79 Å². The van der Waals surface area contributed by atoms with E-state index >= 15 is 0 Å². The molecule has 0 aliphatic carbocycles. The standard InChI is InChI=1S/C12H15N5O/c1-8(13)9-3-5-15-11(7-9)17-6-4-10(16-17)12(18)14-2/h3-8H,13H2,1-2H3,(H,14,18)/t8-/m1/s1. The average Bonchev–Trinajstić information content (AvgIpc) is 2.87. The van der Waals surface area contributed by atoms with Gasteiger partial charge in [0.2, 0.25) is 0 Å². The first kappa shape index (κ1) is 12.3. The molecule has 2 rings (SSSR count). The van der Waals surface area contributed by atoms with Crippen molar-refractivity contribution in [2.24, 2.45) is 5.73 Å². The lowest BCUT2D eigenvalue weighted by molar-refractivity contribution is 0.0957. The highest BCUT2D eigenvalue weighted by molar-refractivity contribution is 5.91. The van der Waals surface area contributed by atoms with E-state index < -0.39 is 0 Å². The lowest BCUT2D eigenvalue weighted by Gasteiger charge is -2.07. The number of nitrogens with one attached hydrogen (secondary N) is 1. The normalized spacial score (nSPS) is 12.2. The van der Waals surface area contributed by atoms with Crippen molar-refractivity contribution in [2.75, 3.05) is 7.05 Å². The summed E-state index contributed by atoms with van der Waals surface area (Å²) in [7, 11) is 1.57. The molecule has 0 saturated heterocycles. The van der Waals surface area contributed by atoms with Crippen LogP contribution in [0, 0.1) is 0 Å². The van der Waals surface area contributed by atoms with Crippen molar-refractivity contribution in [3.8, 4) is 5.82 Å². The van der Waals surface area contributed by atoms with E-state index in [4.69, 9.17) is 5.73 Å². The third-order valence-corrected chi connectivity index (χ3v) is 2.58. The number of nitrogens with two attached hydrogens (primary N) is 1. The molecule has 0 unspecified atom stereocenters. The summed E-state index contributed by atoms with van der Waals surface area (Å²) >= 11 is 0. The Morgan fingerprint density at radius 1 is 1.50 bits per heavy atom. The second kappa shape index (κ2) is 4.97. The fourth-order valence-corrected chi connectivity index (χ4v) is 1.54. The first-order valence-electron chi connectivity index (χ1n) is 5.61. The Hall–Kier alpha value is -2.21. The van der Waals surface area contributed by atoms with Gasteiger partial charge >= 0.3 is 0 Å². The molecule has 0 spiro atoms. The predicted molar refractivity (Wildman–Crippen MR) is 67.4 cm³/mol. The summed E-state index contributed by atoms with van der Waals surface area (Å²) in [6, 6.07) is 5.28. The molecule has 0 fully saturated rings. The highest BCUT2D eigenvalue weighted by atomic mass is 16.1. The first-order chi connectivity index (χ1) is 8.61. The number of aromatic nitrogens is 3. The lowest BCUT2D eigenvalue weighted by Crippen LogP contribution is -2.18. The number of carbonyl (C=O) groups excluding carboxylic acids is 1. The monoisotopic (exact) mass is 245 g/mol. The van der Waals surface area contributed by atoms with Gasteiger partial charge in [0.25, 0.3) is 5.91 Å². The van der Waals surface area contributed by atoms with E-state index in [1.807, 2.05) is 19.1 Å². The van der Waals surface area contributed by atoms with Gasteiger partial charge in [0.15, 0.2) is 11.5 Å². The molecule has 1 atom stereocenters. The van der Waals surface area contributed by atoms with Gasteiger partial charge in [0.05, 0.1) is 0 Å². The minimum atomic E-state index is -0.225. The van der Waals surface area contributed by atoms with Crippen molar-refractivity contribution in [3.63, 3.8) is 0 Å². The average molecular weight is 245 g/mol. The molecule has 0 radical (unpaired) electrons. The summed E-state index contributed by atoms with van der Waals surface area (Å²) in [6.07, 6.45) is 3.37. The zero-order valence-corrected chi connectivity index (χ0v) is 10.3. The highest BCUT2D eigenvalue weighted by Gasteiger charge is 2.09. The molecule has 6 heteroatoms. The summed E-state index contributed by atoms with van der Waals surface area (Å²) in [5.74, 6) is 0.414. The molecule has 6 nitrogen and oxygen atoms in total. The van der Waals surface area contributed by atoms with E-state index in [-0.39, 0.29) is 11.9 Å². The third-order valence-electron chi connectivity index (χ3n) is 2.58. The van der Waals surface area contributed by atoms with Gasteiger partial charge in [-0.1, -0.05) is 0 Å². The Labute approximate surface area is 105 Å². The zero-order valence-electron chi connectivity index (χ0n) is 10.3. The molecule has 3 N–H and O–H groups in total. The lowest BCUT2D eigenvalue weighted by atomic mass is 10.1. The van der Waals surface area contributed by atoms with Crippen molar-refractivity contribution >= 4 is 5.91 Å². The fraction of sp³-hybridized carbons (Fsp3) is 0.250. The van der Waals surface area contributed by atoms with Gasteiger partial charge in [-0.05, 0) is 30.7 Å². The minimum Gasteiger partial charge on any atom is -0.354 e. The van der Waals surface area contributed by atoms with Crippen LogP contribution in [0.15, 0.2) is 30.6 Å². The molecule has 0 bridgehead atoms. The number of amides is 1. The van der Waals surface area contributed by atoms with Gasteiger partial charge in [0, 0.05) is 25.5 Å². The Kier molecular flexibility index (Phi) is 3.38. The van der Waals surface area contributed by atoms with E-state index in [0.29, 0.717) is 11.5 Å². The Bertz CT molecular complexity index is 561. The smallest absolute Gasteiger partial charge is 0.271 e. The quantitative estimate of drug-likeness (QED) is 0.831. The van der Waals surface area contributed by atoms with Crippen LogP contribution >= 0.6 is 0 Å². The van der Waals surface area contributed by atoms with Crippen molar-refractivity contribution in [1.29, 1.82) is 0 Å². The van der Waals surface area contributed by atoms with Gasteiger partial charge in [-0.2, -0.15) is 5.10 Å². The number of pyridine rings is 1. The van der Waals surface area contributed by atoms with Crippen LogP contribution in [0.5, 0.6) is 0 Å². The first-order valence-corrected chi connectivity index (χ1v) is 5.61. The summed E-state index contributed by atoms with van der Waals surface area (Å²) in [5.41, 5.74) is 7.14. The summed E-state index contributed by atoms with van der Waals surface area (Å²) in [4.78, 5) is 15.6. The van der Waals surface area contributed by atoms with Gasteiger partial charge in [-0.25, -0.2) is 9.67 Å².